The Morgan fingerprint density at radius 1 is 1.00 bits per heavy atom. The lowest BCUT2D eigenvalue weighted by Gasteiger charge is -2.31. The summed E-state index contributed by atoms with van der Waals surface area (Å²) in [6.45, 7) is 4.82. The first-order chi connectivity index (χ1) is 12.8. The Morgan fingerprint density at radius 2 is 1.65 bits per heavy atom. The monoisotopic (exact) mass is 351 g/mol. The van der Waals surface area contributed by atoms with E-state index in [1.165, 1.54) is 28.9 Å². The number of hydrogen-bond donors (Lipinski definition) is 0. The highest BCUT2D eigenvalue weighted by Gasteiger charge is 2.22. The van der Waals surface area contributed by atoms with Crippen molar-refractivity contribution in [2.45, 2.75) is 45.3 Å². The molecule has 0 bridgehead atoms. The molecule has 0 radical (unpaired) electrons. The number of nitrogens with zero attached hydrogens (tertiary/aromatic N) is 1. The minimum absolute atomic E-state index is 0.00472. The van der Waals surface area contributed by atoms with Gasteiger partial charge in [0.05, 0.1) is 6.61 Å². The van der Waals surface area contributed by atoms with Crippen LogP contribution < -0.4 is 4.90 Å². The Bertz CT molecular complexity index is 676. The number of para-hydroxylation sites is 2. The van der Waals surface area contributed by atoms with Crippen molar-refractivity contribution in [3.8, 4) is 0 Å². The maximum atomic E-state index is 6.04. The van der Waals surface area contributed by atoms with Crippen molar-refractivity contribution in [3.05, 3.63) is 59.7 Å². The molecule has 138 valence electrons. The van der Waals surface area contributed by atoms with Crippen LogP contribution in [0.2, 0.25) is 0 Å². The minimum atomic E-state index is -0.00472. The van der Waals surface area contributed by atoms with E-state index in [4.69, 9.17) is 9.47 Å². The maximum Gasteiger partial charge on any atom is 0.157 e. The van der Waals surface area contributed by atoms with Gasteiger partial charge in [-0.15, -0.1) is 0 Å². The third-order valence-electron chi connectivity index (χ3n) is 5.43. The van der Waals surface area contributed by atoms with Gasteiger partial charge in [-0.05, 0) is 61.3 Å². The zero-order valence-electron chi connectivity index (χ0n) is 15.7. The van der Waals surface area contributed by atoms with Crippen molar-refractivity contribution in [2.75, 3.05) is 24.7 Å². The van der Waals surface area contributed by atoms with Gasteiger partial charge in [0.25, 0.3) is 0 Å². The molecule has 3 nitrogen and oxygen atoms in total. The Hall–Kier alpha value is -1.84. The number of hydrogen-bond acceptors (Lipinski definition) is 3. The smallest absolute Gasteiger partial charge is 0.157 e. The number of aryl methyl sites for hydroxylation is 2. The molecule has 3 heteroatoms. The predicted octanol–water partition coefficient (Wildman–Crippen LogP) is 5.10. The van der Waals surface area contributed by atoms with Crippen molar-refractivity contribution in [1.82, 2.24) is 0 Å². The van der Waals surface area contributed by atoms with Crippen molar-refractivity contribution in [1.29, 1.82) is 0 Å². The van der Waals surface area contributed by atoms with Crippen LogP contribution in [0.15, 0.2) is 48.5 Å². The summed E-state index contributed by atoms with van der Waals surface area (Å²) in [4.78, 5) is 2.49. The molecule has 2 aliphatic heterocycles. The summed E-state index contributed by atoms with van der Waals surface area (Å²) < 4.78 is 11.8. The molecule has 2 aliphatic rings. The normalized spacial score (nSPS) is 20.8. The van der Waals surface area contributed by atoms with Gasteiger partial charge >= 0.3 is 0 Å². The predicted molar refractivity (Wildman–Crippen MR) is 106 cm³/mol. The molecule has 26 heavy (non-hydrogen) atoms. The number of fused-ring (bicyclic) bond motifs is 2. The van der Waals surface area contributed by atoms with Crippen LogP contribution in [0.5, 0.6) is 0 Å². The van der Waals surface area contributed by atoms with Crippen LogP contribution in [-0.4, -0.2) is 26.0 Å². The van der Waals surface area contributed by atoms with Crippen LogP contribution in [0, 0.1) is 5.92 Å². The molecule has 0 aromatic heterocycles. The van der Waals surface area contributed by atoms with Crippen molar-refractivity contribution in [3.63, 3.8) is 0 Å². The molecule has 4 rings (SSSR count). The van der Waals surface area contributed by atoms with E-state index in [0.29, 0.717) is 5.92 Å². The second-order valence-electron chi connectivity index (χ2n) is 7.60. The SMILES string of the molecule is C[C@H](COC1CCCCO1)CN1c2ccccc2CCc2ccccc21. The molecule has 0 spiro atoms. The lowest BCUT2D eigenvalue weighted by molar-refractivity contribution is -0.167. The summed E-state index contributed by atoms with van der Waals surface area (Å²) >= 11 is 0. The highest BCUT2D eigenvalue weighted by molar-refractivity contribution is 5.71. The molecule has 1 fully saturated rings. The lowest BCUT2D eigenvalue weighted by Crippen LogP contribution is -2.30. The number of anilines is 2. The van der Waals surface area contributed by atoms with Crippen LogP contribution in [0.1, 0.15) is 37.3 Å². The van der Waals surface area contributed by atoms with E-state index in [1.807, 2.05) is 0 Å². The first-order valence-corrected chi connectivity index (χ1v) is 9.98. The molecular weight excluding hydrogens is 322 g/mol. The maximum absolute atomic E-state index is 6.04. The Balaban J connectivity index is 1.51. The molecule has 1 unspecified atom stereocenters. The van der Waals surface area contributed by atoms with E-state index in [1.54, 1.807) is 0 Å². The molecule has 2 atom stereocenters. The number of ether oxygens (including phenoxy) is 2. The molecule has 1 saturated heterocycles. The number of rotatable bonds is 5. The minimum Gasteiger partial charge on any atom is -0.353 e. The van der Waals surface area contributed by atoms with Crippen molar-refractivity contribution >= 4 is 11.4 Å². The molecule has 0 N–H and O–H groups in total. The van der Waals surface area contributed by atoms with Crippen LogP contribution in [0.3, 0.4) is 0 Å². The van der Waals surface area contributed by atoms with Gasteiger partial charge in [0.15, 0.2) is 6.29 Å². The topological polar surface area (TPSA) is 21.7 Å². The van der Waals surface area contributed by atoms with Gasteiger partial charge in [0.1, 0.15) is 0 Å². The quantitative estimate of drug-likeness (QED) is 0.748. The fourth-order valence-corrected chi connectivity index (χ4v) is 4.05. The number of benzene rings is 2. The van der Waals surface area contributed by atoms with E-state index < -0.39 is 0 Å². The standard InChI is InChI=1S/C23H29NO2/c1-18(17-26-23-12-6-7-15-25-23)16-24-21-10-4-2-8-19(21)13-14-20-9-3-5-11-22(20)24/h2-5,8-11,18,23H,6-7,12-17H2,1H3/t18-,23?/m0/s1. The molecule has 0 saturated carbocycles. The molecule has 2 aromatic carbocycles. The summed E-state index contributed by atoms with van der Waals surface area (Å²) in [7, 11) is 0. The van der Waals surface area contributed by atoms with E-state index in [2.05, 4.69) is 60.4 Å². The van der Waals surface area contributed by atoms with Gasteiger partial charge in [-0.25, -0.2) is 0 Å². The van der Waals surface area contributed by atoms with E-state index in [9.17, 15) is 0 Å². The Kier molecular flexibility index (Phi) is 5.57. The molecule has 2 aromatic rings. The van der Waals surface area contributed by atoms with Crippen LogP contribution in [-0.2, 0) is 22.3 Å². The zero-order chi connectivity index (χ0) is 17.8. The van der Waals surface area contributed by atoms with Crippen LogP contribution in [0.4, 0.5) is 11.4 Å². The van der Waals surface area contributed by atoms with Crippen LogP contribution >= 0.6 is 0 Å². The average Bonchev–Trinajstić information content (AvgIpc) is 2.85. The van der Waals surface area contributed by atoms with Gasteiger partial charge in [-0.2, -0.15) is 0 Å². The molecule has 2 heterocycles. The molecule has 0 amide bonds. The summed E-state index contributed by atoms with van der Waals surface area (Å²) in [6.07, 6.45) is 5.61. The molecule has 0 aliphatic carbocycles. The summed E-state index contributed by atoms with van der Waals surface area (Å²) in [5, 5.41) is 0. The van der Waals surface area contributed by atoms with Crippen molar-refractivity contribution < 1.29 is 9.47 Å². The summed E-state index contributed by atoms with van der Waals surface area (Å²) in [5.41, 5.74) is 5.57. The highest BCUT2D eigenvalue weighted by atomic mass is 16.7. The summed E-state index contributed by atoms with van der Waals surface area (Å²) in [6, 6.07) is 17.7. The molecular formula is C23H29NO2. The van der Waals surface area contributed by atoms with Gasteiger partial charge < -0.3 is 14.4 Å². The first kappa shape index (κ1) is 17.6. The first-order valence-electron chi connectivity index (χ1n) is 9.98. The van der Waals surface area contributed by atoms with Gasteiger partial charge in [-0.1, -0.05) is 43.3 Å². The van der Waals surface area contributed by atoms with E-state index >= 15 is 0 Å². The Labute approximate surface area is 156 Å². The largest absolute Gasteiger partial charge is 0.353 e. The fourth-order valence-electron chi connectivity index (χ4n) is 4.05. The second-order valence-corrected chi connectivity index (χ2v) is 7.60. The Morgan fingerprint density at radius 3 is 2.27 bits per heavy atom. The van der Waals surface area contributed by atoms with Gasteiger partial charge in [0, 0.05) is 24.5 Å². The fraction of sp³-hybridized carbons (Fsp3) is 0.478. The van der Waals surface area contributed by atoms with Crippen LogP contribution in [0.25, 0.3) is 0 Å². The third kappa shape index (κ3) is 3.94. The summed E-state index contributed by atoms with van der Waals surface area (Å²) in [5.74, 6) is 0.430. The van der Waals surface area contributed by atoms with Gasteiger partial charge in [0.2, 0.25) is 0 Å². The zero-order valence-corrected chi connectivity index (χ0v) is 15.7. The lowest BCUT2D eigenvalue weighted by atomic mass is 10.0. The average molecular weight is 351 g/mol. The van der Waals surface area contributed by atoms with E-state index in [0.717, 1.165) is 45.4 Å². The third-order valence-corrected chi connectivity index (χ3v) is 5.43. The second kappa shape index (κ2) is 8.24. The van der Waals surface area contributed by atoms with Gasteiger partial charge in [-0.3, -0.25) is 0 Å². The van der Waals surface area contributed by atoms with Crippen molar-refractivity contribution in [2.24, 2.45) is 5.92 Å². The highest BCUT2D eigenvalue weighted by Crippen LogP contribution is 2.36. The van der Waals surface area contributed by atoms with E-state index in [-0.39, 0.29) is 6.29 Å².